The summed E-state index contributed by atoms with van der Waals surface area (Å²) in [6.07, 6.45) is 0. The second kappa shape index (κ2) is 7.24. The van der Waals surface area contributed by atoms with E-state index in [0.717, 1.165) is 0 Å². The molecule has 6 nitrogen and oxygen atoms in total. The van der Waals surface area contributed by atoms with Crippen LogP contribution in [-0.2, 0) is 24.3 Å². The molecular weight excluding hydrogens is 228 g/mol. The Bertz CT molecular complexity index is 246. The van der Waals surface area contributed by atoms with E-state index in [9.17, 15) is 9.59 Å². The van der Waals surface area contributed by atoms with E-state index < -0.39 is 23.0 Å². The van der Waals surface area contributed by atoms with E-state index in [4.69, 9.17) is 5.26 Å². The lowest BCUT2D eigenvalue weighted by Crippen LogP contribution is -2.21. The van der Waals surface area contributed by atoms with Crippen molar-refractivity contribution in [1.82, 2.24) is 0 Å². The molecule has 0 aromatic heterocycles. The molecule has 0 spiro atoms. The van der Waals surface area contributed by atoms with E-state index in [0.29, 0.717) is 0 Å². The Kier molecular flexibility index (Phi) is 7.76. The molecule has 0 aliphatic heterocycles. The summed E-state index contributed by atoms with van der Waals surface area (Å²) in [6.45, 7) is 11.7. The van der Waals surface area contributed by atoms with Gasteiger partial charge in [-0.25, -0.2) is 9.59 Å². The Morgan fingerprint density at radius 2 is 1.41 bits per heavy atom. The van der Waals surface area contributed by atoms with Crippen molar-refractivity contribution in [2.24, 2.45) is 5.41 Å². The van der Waals surface area contributed by atoms with E-state index in [1.54, 1.807) is 41.5 Å². The molecule has 0 rings (SSSR count). The van der Waals surface area contributed by atoms with Gasteiger partial charge in [-0.1, -0.05) is 0 Å². The number of hydrogen-bond acceptors (Lipinski definition) is 6. The van der Waals surface area contributed by atoms with E-state index in [1.807, 2.05) is 0 Å². The van der Waals surface area contributed by atoms with E-state index in [-0.39, 0.29) is 0 Å². The van der Waals surface area contributed by atoms with Crippen LogP contribution in [0.25, 0.3) is 0 Å². The summed E-state index contributed by atoms with van der Waals surface area (Å²) in [6, 6.07) is 0. The van der Waals surface area contributed by atoms with Gasteiger partial charge in [0.15, 0.2) is 0 Å². The molecule has 102 valence electrons. The summed E-state index contributed by atoms with van der Waals surface area (Å²) < 4.78 is 0. The topological polar surface area (TPSA) is 82.1 Å². The molecule has 0 heterocycles. The fourth-order valence-corrected chi connectivity index (χ4v) is 0.321. The molecule has 0 radical (unpaired) electrons. The standard InChI is InChI=1S/C6H12O3.C5H10O3/c1-5(7)8-9-6(2,3)4;1-5(2,3)4(6)8-7/h1-4H3;7H,1-3H3. The Hall–Kier alpha value is -1.14. The monoisotopic (exact) mass is 250 g/mol. The van der Waals surface area contributed by atoms with Gasteiger partial charge in [0.05, 0.1) is 5.41 Å². The van der Waals surface area contributed by atoms with E-state index >= 15 is 0 Å². The van der Waals surface area contributed by atoms with Gasteiger partial charge in [0.1, 0.15) is 5.60 Å². The first-order valence-electron chi connectivity index (χ1n) is 5.12. The fraction of sp³-hybridized carbons (Fsp3) is 0.818. The maximum atomic E-state index is 10.4. The minimum atomic E-state index is -0.613. The van der Waals surface area contributed by atoms with Gasteiger partial charge >= 0.3 is 11.9 Å². The van der Waals surface area contributed by atoms with Crippen LogP contribution in [0.5, 0.6) is 0 Å². The summed E-state index contributed by atoms with van der Waals surface area (Å²) >= 11 is 0. The molecule has 0 aliphatic carbocycles. The predicted molar refractivity (Wildman–Crippen MR) is 60.8 cm³/mol. The maximum Gasteiger partial charge on any atom is 0.347 e. The first kappa shape index (κ1) is 18.2. The molecule has 17 heavy (non-hydrogen) atoms. The van der Waals surface area contributed by atoms with Crippen LogP contribution in [0.2, 0.25) is 0 Å². The van der Waals surface area contributed by atoms with Crippen molar-refractivity contribution in [2.75, 3.05) is 0 Å². The average Bonchev–Trinajstić information content (AvgIpc) is 2.12. The second-order valence-electron chi connectivity index (χ2n) is 5.40. The Morgan fingerprint density at radius 3 is 1.47 bits per heavy atom. The smallest absolute Gasteiger partial charge is 0.300 e. The number of hydrogen-bond donors (Lipinski definition) is 1. The summed E-state index contributed by atoms with van der Waals surface area (Å²) in [4.78, 5) is 32.9. The van der Waals surface area contributed by atoms with Gasteiger partial charge < -0.3 is 4.89 Å². The highest BCUT2D eigenvalue weighted by atomic mass is 17.2. The minimum Gasteiger partial charge on any atom is -0.300 e. The van der Waals surface area contributed by atoms with Crippen LogP contribution in [0.4, 0.5) is 0 Å². The highest BCUT2D eigenvalue weighted by Gasteiger charge is 2.22. The summed E-state index contributed by atoms with van der Waals surface area (Å²) in [5.74, 6) is -1.04. The molecule has 0 saturated carbocycles. The zero-order valence-corrected chi connectivity index (χ0v) is 11.5. The minimum absolute atomic E-state index is 0.411. The molecule has 0 saturated heterocycles. The molecule has 0 unspecified atom stereocenters. The largest absolute Gasteiger partial charge is 0.347 e. The molecule has 0 aromatic carbocycles. The van der Waals surface area contributed by atoms with Crippen LogP contribution < -0.4 is 0 Å². The van der Waals surface area contributed by atoms with Crippen LogP contribution in [0.3, 0.4) is 0 Å². The molecule has 0 amide bonds. The van der Waals surface area contributed by atoms with Crippen molar-refractivity contribution >= 4 is 11.9 Å². The second-order valence-corrected chi connectivity index (χ2v) is 5.40. The van der Waals surface area contributed by atoms with Crippen molar-refractivity contribution in [3.8, 4) is 0 Å². The first-order chi connectivity index (χ1) is 7.40. The third-order valence-corrected chi connectivity index (χ3v) is 1.10. The van der Waals surface area contributed by atoms with Gasteiger partial charge in [-0.3, -0.25) is 4.89 Å². The van der Waals surface area contributed by atoms with Crippen LogP contribution in [0.1, 0.15) is 48.5 Å². The molecule has 0 aliphatic rings. The van der Waals surface area contributed by atoms with Crippen molar-refractivity contribution in [3.63, 3.8) is 0 Å². The van der Waals surface area contributed by atoms with Gasteiger partial charge in [0.2, 0.25) is 0 Å². The van der Waals surface area contributed by atoms with Gasteiger partial charge in [0.25, 0.3) is 0 Å². The third-order valence-electron chi connectivity index (χ3n) is 1.10. The lowest BCUT2D eigenvalue weighted by atomic mass is 9.98. The Labute approximate surface area is 102 Å². The molecule has 0 atom stereocenters. The van der Waals surface area contributed by atoms with Crippen LogP contribution in [0, 0.1) is 5.41 Å². The molecule has 0 fully saturated rings. The van der Waals surface area contributed by atoms with Crippen molar-refractivity contribution in [2.45, 2.75) is 54.1 Å². The SMILES string of the molecule is CC(=O)OOC(C)(C)C.CC(C)(C)C(=O)OO. The van der Waals surface area contributed by atoms with Crippen LogP contribution >= 0.6 is 0 Å². The maximum absolute atomic E-state index is 10.4. The molecule has 1 N–H and O–H groups in total. The summed E-state index contributed by atoms with van der Waals surface area (Å²) in [7, 11) is 0. The summed E-state index contributed by atoms with van der Waals surface area (Å²) in [5.41, 5.74) is -1.01. The molecule has 0 aromatic rings. The zero-order valence-electron chi connectivity index (χ0n) is 11.5. The van der Waals surface area contributed by atoms with Crippen molar-refractivity contribution in [1.29, 1.82) is 0 Å². The normalized spacial score (nSPS) is 11.1. The lowest BCUT2D eigenvalue weighted by Gasteiger charge is -2.15. The molecule has 6 heteroatoms. The van der Waals surface area contributed by atoms with Gasteiger partial charge in [-0.05, 0) is 41.5 Å². The lowest BCUT2D eigenvalue weighted by molar-refractivity contribution is -0.318. The predicted octanol–water partition coefficient (Wildman–Crippen LogP) is 2.33. The van der Waals surface area contributed by atoms with Crippen molar-refractivity contribution < 1.29 is 29.5 Å². The zero-order chi connectivity index (χ0) is 14.3. The fourth-order valence-electron chi connectivity index (χ4n) is 0.321. The van der Waals surface area contributed by atoms with Gasteiger partial charge in [-0.15, -0.1) is 0 Å². The molecule has 0 bridgehead atoms. The van der Waals surface area contributed by atoms with E-state index in [1.165, 1.54) is 6.92 Å². The number of carbonyl (C=O) groups is 2. The van der Waals surface area contributed by atoms with Crippen molar-refractivity contribution in [3.05, 3.63) is 0 Å². The molecular formula is C11H22O6. The third kappa shape index (κ3) is 14.9. The van der Waals surface area contributed by atoms with Crippen LogP contribution in [-0.4, -0.2) is 22.8 Å². The first-order valence-corrected chi connectivity index (χ1v) is 5.12. The summed E-state index contributed by atoms with van der Waals surface area (Å²) in [5, 5.41) is 7.82. The Balaban J connectivity index is 0. The number of carbonyl (C=O) groups excluding carboxylic acids is 2. The van der Waals surface area contributed by atoms with Crippen LogP contribution in [0.15, 0.2) is 0 Å². The number of rotatable bonds is 1. The average molecular weight is 250 g/mol. The highest BCUT2D eigenvalue weighted by Crippen LogP contribution is 2.13. The van der Waals surface area contributed by atoms with E-state index in [2.05, 4.69) is 14.7 Å². The highest BCUT2D eigenvalue weighted by molar-refractivity contribution is 5.74. The van der Waals surface area contributed by atoms with Gasteiger partial charge in [-0.2, -0.15) is 10.1 Å². The Morgan fingerprint density at radius 1 is 1.00 bits per heavy atom. The quantitative estimate of drug-likeness (QED) is 0.568. The van der Waals surface area contributed by atoms with Gasteiger partial charge in [0, 0.05) is 6.92 Å².